The molecule has 0 saturated carbocycles. The first-order chi connectivity index (χ1) is 13.3. The Morgan fingerprint density at radius 2 is 1.68 bits per heavy atom. The van der Waals surface area contributed by atoms with E-state index in [1.807, 2.05) is 39.3 Å². The Balaban J connectivity index is 2.06. The molecule has 0 heterocycles. The lowest BCUT2D eigenvalue weighted by Gasteiger charge is -2.19. The van der Waals surface area contributed by atoms with E-state index in [1.165, 1.54) is 0 Å². The summed E-state index contributed by atoms with van der Waals surface area (Å²) >= 11 is 0. The zero-order valence-electron chi connectivity index (χ0n) is 16.9. The average Bonchev–Trinajstić information content (AvgIpc) is 2.69. The lowest BCUT2D eigenvalue weighted by Crippen LogP contribution is -2.33. The van der Waals surface area contributed by atoms with E-state index in [4.69, 9.17) is 9.84 Å². The van der Waals surface area contributed by atoms with Gasteiger partial charge in [0.2, 0.25) is 5.91 Å². The van der Waals surface area contributed by atoms with E-state index in [-0.39, 0.29) is 11.5 Å². The molecule has 0 aromatic heterocycles. The summed E-state index contributed by atoms with van der Waals surface area (Å²) in [6.07, 6.45) is 1.08. The Hall–Kier alpha value is -2.86. The Morgan fingerprint density at radius 3 is 2.25 bits per heavy atom. The molecule has 0 spiro atoms. The minimum atomic E-state index is -0.950. The lowest BCUT2D eigenvalue weighted by atomic mass is 9.99. The molecule has 0 radical (unpaired) electrons. The quantitative estimate of drug-likeness (QED) is 0.720. The maximum Gasteiger partial charge on any atom is 0.335 e. The van der Waals surface area contributed by atoms with Crippen LogP contribution in [0.4, 0.5) is 0 Å². The molecule has 2 aromatic carbocycles. The minimum Gasteiger partial charge on any atom is -0.496 e. The van der Waals surface area contributed by atoms with E-state index < -0.39 is 5.97 Å². The van der Waals surface area contributed by atoms with Crippen molar-refractivity contribution in [2.75, 3.05) is 41.3 Å². The van der Waals surface area contributed by atoms with Crippen LogP contribution in [-0.4, -0.2) is 68.1 Å². The molecule has 6 heteroatoms. The van der Waals surface area contributed by atoms with E-state index in [1.54, 1.807) is 36.3 Å². The molecule has 0 unspecified atom stereocenters. The highest BCUT2D eigenvalue weighted by atomic mass is 16.5. The van der Waals surface area contributed by atoms with Crippen molar-refractivity contribution in [1.29, 1.82) is 0 Å². The Bertz CT molecular complexity index is 816. The molecule has 150 valence electrons. The number of likely N-dealkylation sites (N-methyl/N-ethyl adjacent to an activating group) is 2. The van der Waals surface area contributed by atoms with Crippen molar-refractivity contribution in [3.8, 4) is 16.9 Å². The molecule has 0 aliphatic rings. The predicted molar refractivity (Wildman–Crippen MR) is 110 cm³/mol. The third kappa shape index (κ3) is 5.82. The number of amides is 1. The second-order valence-electron chi connectivity index (χ2n) is 7.04. The van der Waals surface area contributed by atoms with Gasteiger partial charge >= 0.3 is 5.97 Å². The van der Waals surface area contributed by atoms with Gasteiger partial charge in [0.15, 0.2) is 0 Å². The first-order valence-electron chi connectivity index (χ1n) is 9.21. The molecule has 6 nitrogen and oxygen atoms in total. The van der Waals surface area contributed by atoms with Crippen molar-refractivity contribution < 1.29 is 19.4 Å². The number of nitrogens with zero attached hydrogens (tertiary/aromatic N) is 2. The van der Waals surface area contributed by atoms with Gasteiger partial charge in [-0.1, -0.05) is 24.3 Å². The molecule has 0 aliphatic carbocycles. The summed E-state index contributed by atoms with van der Waals surface area (Å²) in [7, 11) is 7.41. The van der Waals surface area contributed by atoms with Crippen molar-refractivity contribution in [2.24, 2.45) is 0 Å². The largest absolute Gasteiger partial charge is 0.496 e. The van der Waals surface area contributed by atoms with Gasteiger partial charge in [0.05, 0.1) is 12.7 Å². The number of aromatic carboxylic acids is 1. The maximum absolute atomic E-state index is 12.3. The molecule has 1 amide bonds. The van der Waals surface area contributed by atoms with Crippen molar-refractivity contribution in [3.63, 3.8) is 0 Å². The minimum absolute atomic E-state index is 0.120. The van der Waals surface area contributed by atoms with Crippen LogP contribution in [0.1, 0.15) is 22.3 Å². The van der Waals surface area contributed by atoms with Crippen LogP contribution in [0, 0.1) is 0 Å². The number of hydrogen-bond donors (Lipinski definition) is 1. The van der Waals surface area contributed by atoms with Crippen LogP contribution >= 0.6 is 0 Å². The molecule has 0 fully saturated rings. The molecule has 0 saturated heterocycles. The van der Waals surface area contributed by atoms with Gasteiger partial charge in [0, 0.05) is 32.1 Å². The zero-order chi connectivity index (χ0) is 20.7. The van der Waals surface area contributed by atoms with Crippen molar-refractivity contribution >= 4 is 11.9 Å². The Labute approximate surface area is 166 Å². The molecule has 0 atom stereocenters. The van der Waals surface area contributed by atoms with E-state index in [0.29, 0.717) is 25.1 Å². The second kappa shape index (κ2) is 9.90. The Morgan fingerprint density at radius 1 is 1.00 bits per heavy atom. The van der Waals surface area contributed by atoms with Crippen LogP contribution in [0.2, 0.25) is 0 Å². The van der Waals surface area contributed by atoms with Gasteiger partial charge in [0.25, 0.3) is 0 Å². The molecule has 1 N–H and O–H groups in total. The molecular formula is C22H28N2O4. The highest BCUT2D eigenvalue weighted by Crippen LogP contribution is 2.31. The van der Waals surface area contributed by atoms with Crippen LogP contribution in [0.15, 0.2) is 42.5 Å². The standard InChI is InChI=1S/C22H28N2O4/c1-23(2)13-14-24(3)21(25)12-6-16-5-11-19(20(15-16)28-4)17-7-9-18(10-8-17)22(26)27/h5,7-11,15H,6,12-14H2,1-4H3,(H,26,27). The fourth-order valence-corrected chi connectivity index (χ4v) is 2.84. The number of benzene rings is 2. The summed E-state index contributed by atoms with van der Waals surface area (Å²) in [5.74, 6) is -0.128. The van der Waals surface area contributed by atoms with Gasteiger partial charge in [-0.2, -0.15) is 0 Å². The fraction of sp³-hybridized carbons (Fsp3) is 0.364. The summed E-state index contributed by atoms with van der Waals surface area (Å²) in [5, 5.41) is 9.03. The molecule has 2 aromatic rings. The summed E-state index contributed by atoms with van der Waals surface area (Å²) < 4.78 is 5.52. The number of aryl methyl sites for hydroxylation is 1. The van der Waals surface area contributed by atoms with Crippen molar-refractivity contribution in [2.45, 2.75) is 12.8 Å². The van der Waals surface area contributed by atoms with Crippen LogP contribution < -0.4 is 4.74 Å². The fourth-order valence-electron chi connectivity index (χ4n) is 2.84. The number of carboxylic acid groups (broad SMARTS) is 1. The zero-order valence-corrected chi connectivity index (χ0v) is 16.9. The highest BCUT2D eigenvalue weighted by molar-refractivity contribution is 5.88. The number of ether oxygens (including phenoxy) is 1. The third-order valence-electron chi connectivity index (χ3n) is 4.64. The lowest BCUT2D eigenvalue weighted by molar-refractivity contribution is -0.130. The molecule has 0 aliphatic heterocycles. The van der Waals surface area contributed by atoms with E-state index in [2.05, 4.69) is 4.90 Å². The van der Waals surface area contributed by atoms with Gasteiger partial charge in [-0.25, -0.2) is 4.79 Å². The number of carbonyl (C=O) groups excluding carboxylic acids is 1. The number of methoxy groups -OCH3 is 1. The van der Waals surface area contributed by atoms with Crippen molar-refractivity contribution in [1.82, 2.24) is 9.80 Å². The summed E-state index contributed by atoms with van der Waals surface area (Å²) in [5.41, 5.74) is 3.04. The van der Waals surface area contributed by atoms with Crippen LogP contribution in [0.25, 0.3) is 11.1 Å². The van der Waals surface area contributed by atoms with E-state index in [9.17, 15) is 9.59 Å². The Kier molecular flexibility index (Phi) is 7.58. The normalized spacial score (nSPS) is 10.8. The van der Waals surface area contributed by atoms with E-state index in [0.717, 1.165) is 23.2 Å². The average molecular weight is 384 g/mol. The second-order valence-corrected chi connectivity index (χ2v) is 7.04. The molecule has 0 bridgehead atoms. The van der Waals surface area contributed by atoms with E-state index >= 15 is 0 Å². The smallest absolute Gasteiger partial charge is 0.335 e. The van der Waals surface area contributed by atoms with Gasteiger partial charge in [-0.3, -0.25) is 4.79 Å². The first kappa shape index (κ1) is 21.4. The van der Waals surface area contributed by atoms with Crippen LogP contribution in [-0.2, 0) is 11.2 Å². The number of carbonyl (C=O) groups is 2. The third-order valence-corrected chi connectivity index (χ3v) is 4.64. The van der Waals surface area contributed by atoms with Crippen molar-refractivity contribution in [3.05, 3.63) is 53.6 Å². The molecular weight excluding hydrogens is 356 g/mol. The van der Waals surface area contributed by atoms with Crippen LogP contribution in [0.5, 0.6) is 5.75 Å². The summed E-state index contributed by atoms with van der Waals surface area (Å²) in [6.45, 7) is 1.55. The van der Waals surface area contributed by atoms with Gasteiger partial charge in [0.1, 0.15) is 5.75 Å². The SMILES string of the molecule is COc1cc(CCC(=O)N(C)CCN(C)C)ccc1-c1ccc(C(=O)O)cc1. The summed E-state index contributed by atoms with van der Waals surface area (Å²) in [6, 6.07) is 12.6. The first-order valence-corrected chi connectivity index (χ1v) is 9.21. The van der Waals surface area contributed by atoms with Crippen LogP contribution in [0.3, 0.4) is 0 Å². The number of carboxylic acids is 1. The number of rotatable bonds is 9. The van der Waals surface area contributed by atoms with Gasteiger partial charge in [-0.05, 0) is 49.8 Å². The maximum atomic E-state index is 12.3. The molecule has 2 rings (SSSR count). The monoisotopic (exact) mass is 384 g/mol. The summed E-state index contributed by atoms with van der Waals surface area (Å²) in [4.78, 5) is 27.1. The molecule has 28 heavy (non-hydrogen) atoms. The van der Waals surface area contributed by atoms with Gasteiger partial charge in [-0.15, -0.1) is 0 Å². The predicted octanol–water partition coefficient (Wildman–Crippen LogP) is 3.01. The van der Waals surface area contributed by atoms with Gasteiger partial charge < -0.3 is 19.6 Å². The topological polar surface area (TPSA) is 70.1 Å². The number of hydrogen-bond acceptors (Lipinski definition) is 4. The highest BCUT2D eigenvalue weighted by Gasteiger charge is 2.12.